The Kier molecular flexibility index (Phi) is 10.3. The summed E-state index contributed by atoms with van der Waals surface area (Å²) in [7, 11) is -3.50. The van der Waals surface area contributed by atoms with Crippen LogP contribution < -0.4 is 9.46 Å². The van der Waals surface area contributed by atoms with E-state index in [1.165, 1.54) is 0 Å². The predicted octanol–water partition coefficient (Wildman–Crippen LogP) is 5.67. The number of nitrogens with one attached hydrogen (secondary N) is 1. The van der Waals surface area contributed by atoms with Gasteiger partial charge in [-0.1, -0.05) is 43.2 Å². The number of fused-ring (bicyclic) bond motifs is 1. The maximum Gasteiger partial charge on any atom is 0.410 e. The number of hydrogen-bond donors (Lipinski definition) is 1. The number of carbonyl (C=O) groups excluding carboxylic acids is 1. The van der Waals surface area contributed by atoms with Gasteiger partial charge < -0.3 is 23.8 Å². The van der Waals surface area contributed by atoms with Gasteiger partial charge in [-0.05, 0) is 61.6 Å². The number of amides is 1. The average Bonchev–Trinajstić information content (AvgIpc) is 3.33. The van der Waals surface area contributed by atoms with Crippen LogP contribution in [-0.4, -0.2) is 57.5 Å². The van der Waals surface area contributed by atoms with E-state index >= 15 is 0 Å². The molecule has 0 aromatic heterocycles. The van der Waals surface area contributed by atoms with Crippen molar-refractivity contribution in [2.24, 2.45) is 0 Å². The lowest BCUT2D eigenvalue weighted by Crippen LogP contribution is -2.39. The summed E-state index contributed by atoms with van der Waals surface area (Å²) in [5.41, 5.74) is 2.61. The van der Waals surface area contributed by atoms with E-state index in [0.717, 1.165) is 61.8 Å². The van der Waals surface area contributed by atoms with Gasteiger partial charge in [-0.15, -0.1) is 0 Å². The van der Waals surface area contributed by atoms with Crippen LogP contribution in [0.4, 0.5) is 4.79 Å². The first-order valence-corrected chi connectivity index (χ1v) is 16.8. The van der Waals surface area contributed by atoms with Crippen molar-refractivity contribution < 1.29 is 32.2 Å². The van der Waals surface area contributed by atoms with E-state index in [-0.39, 0.29) is 23.1 Å². The number of carbonyl (C=O) groups is 1. The highest BCUT2D eigenvalue weighted by atomic mass is 32.2. The summed E-state index contributed by atoms with van der Waals surface area (Å²) >= 11 is 0. The van der Waals surface area contributed by atoms with Crippen molar-refractivity contribution >= 4 is 16.1 Å². The Bertz CT molecular complexity index is 1440. The molecule has 1 amide bonds. The fourth-order valence-corrected chi connectivity index (χ4v) is 6.58. The first kappa shape index (κ1) is 31.3. The first-order valence-electron chi connectivity index (χ1n) is 15.3. The molecule has 1 aliphatic carbocycles. The molecule has 9 nitrogen and oxygen atoms in total. The summed E-state index contributed by atoms with van der Waals surface area (Å²) in [6, 6.07) is 12.7. The minimum Gasteiger partial charge on any atom is -0.463 e. The molecule has 2 fully saturated rings. The van der Waals surface area contributed by atoms with Gasteiger partial charge in [-0.2, -0.15) is 0 Å². The monoisotopic (exact) mass is 610 g/mol. The average molecular weight is 611 g/mol. The van der Waals surface area contributed by atoms with Gasteiger partial charge in [0.2, 0.25) is 15.8 Å². The standard InChI is InChI=1S/C33H42N2O7S/c1-33(2)40-24-27-22-26(16-17-30(27)42-33)31-23-35(32(36)41-31)18-6-3-4-7-19-39-20-8-5-11-25-12-9-15-29(21-25)43(37,38)34-28-13-10-14-28/h9,12,15-17,21-22,28,31,34H,3-4,6-8,10,13-14,18-20,23-24H2,1-2H3/t31-/m0/s1. The molecular formula is C33H42N2O7S. The van der Waals surface area contributed by atoms with Crippen molar-refractivity contribution in [1.29, 1.82) is 0 Å². The molecule has 5 rings (SSSR count). The summed E-state index contributed by atoms with van der Waals surface area (Å²) in [5.74, 6) is 6.29. The van der Waals surface area contributed by atoms with Crippen LogP contribution in [0.25, 0.3) is 0 Å². The second-order valence-corrected chi connectivity index (χ2v) is 13.5. The normalized spacial score (nSPS) is 19.5. The molecule has 1 atom stereocenters. The molecule has 43 heavy (non-hydrogen) atoms. The number of sulfonamides is 1. The third kappa shape index (κ3) is 8.73. The number of cyclic esters (lactones) is 1. The van der Waals surface area contributed by atoms with E-state index in [9.17, 15) is 13.2 Å². The summed E-state index contributed by atoms with van der Waals surface area (Å²) in [4.78, 5) is 14.5. The van der Waals surface area contributed by atoms with E-state index < -0.39 is 15.8 Å². The van der Waals surface area contributed by atoms with Crippen LogP contribution in [0.2, 0.25) is 0 Å². The van der Waals surface area contributed by atoms with Crippen molar-refractivity contribution in [1.82, 2.24) is 9.62 Å². The molecule has 0 unspecified atom stereocenters. The summed E-state index contributed by atoms with van der Waals surface area (Å²) in [6.45, 7) is 6.68. The lowest BCUT2D eigenvalue weighted by atomic mass is 9.94. The van der Waals surface area contributed by atoms with E-state index in [2.05, 4.69) is 16.6 Å². The number of unbranched alkanes of at least 4 members (excludes halogenated alkanes) is 3. The lowest BCUT2D eigenvalue weighted by Gasteiger charge is -2.32. The van der Waals surface area contributed by atoms with Crippen LogP contribution in [0.15, 0.2) is 47.4 Å². The summed E-state index contributed by atoms with van der Waals surface area (Å²) < 4.78 is 50.8. The number of nitrogens with zero attached hydrogens (tertiary/aromatic N) is 1. The Morgan fingerprint density at radius 1 is 1.07 bits per heavy atom. The predicted molar refractivity (Wildman–Crippen MR) is 162 cm³/mol. The van der Waals surface area contributed by atoms with Crippen molar-refractivity contribution in [3.63, 3.8) is 0 Å². The van der Waals surface area contributed by atoms with Gasteiger partial charge in [-0.25, -0.2) is 17.9 Å². The van der Waals surface area contributed by atoms with Gasteiger partial charge in [0.1, 0.15) is 11.9 Å². The molecule has 0 radical (unpaired) electrons. The molecule has 1 N–H and O–H groups in total. The highest BCUT2D eigenvalue weighted by Gasteiger charge is 2.33. The van der Waals surface area contributed by atoms with Crippen LogP contribution in [0, 0.1) is 11.8 Å². The van der Waals surface area contributed by atoms with Crippen LogP contribution in [0.5, 0.6) is 5.75 Å². The van der Waals surface area contributed by atoms with Gasteiger partial charge in [-0.3, -0.25) is 0 Å². The summed E-state index contributed by atoms with van der Waals surface area (Å²) in [5, 5.41) is 0. The van der Waals surface area contributed by atoms with E-state index in [1.807, 2.05) is 38.1 Å². The third-order valence-electron chi connectivity index (χ3n) is 7.92. The van der Waals surface area contributed by atoms with Crippen molar-refractivity contribution in [3.05, 3.63) is 59.2 Å². The molecule has 2 aromatic carbocycles. The molecule has 0 bridgehead atoms. The molecule has 10 heteroatoms. The van der Waals surface area contributed by atoms with Crippen LogP contribution >= 0.6 is 0 Å². The smallest absolute Gasteiger partial charge is 0.410 e. The Morgan fingerprint density at radius 2 is 1.91 bits per heavy atom. The molecule has 232 valence electrons. The maximum atomic E-state index is 12.5. The van der Waals surface area contributed by atoms with Crippen LogP contribution in [0.3, 0.4) is 0 Å². The zero-order valence-corrected chi connectivity index (χ0v) is 25.9. The van der Waals surface area contributed by atoms with E-state index in [0.29, 0.717) is 44.9 Å². The second-order valence-electron chi connectivity index (χ2n) is 11.8. The third-order valence-corrected chi connectivity index (χ3v) is 9.44. The Balaban J connectivity index is 0.930. The minimum atomic E-state index is -3.50. The number of hydrogen-bond acceptors (Lipinski definition) is 7. The van der Waals surface area contributed by atoms with Gasteiger partial charge in [0.25, 0.3) is 0 Å². The van der Waals surface area contributed by atoms with Gasteiger partial charge in [0.15, 0.2) is 0 Å². The number of rotatable bonds is 13. The Hall–Kier alpha value is -3.10. The van der Waals surface area contributed by atoms with Crippen LogP contribution in [0.1, 0.15) is 88.0 Å². The summed E-state index contributed by atoms with van der Waals surface area (Å²) in [6.07, 6.45) is 6.80. The van der Waals surface area contributed by atoms with Crippen LogP contribution in [-0.2, 0) is 30.8 Å². The molecule has 2 heterocycles. The van der Waals surface area contributed by atoms with Crippen molar-refractivity contribution in [2.75, 3.05) is 26.3 Å². The highest BCUT2D eigenvalue weighted by Crippen LogP contribution is 2.35. The maximum absolute atomic E-state index is 12.5. The first-order chi connectivity index (χ1) is 20.7. The van der Waals surface area contributed by atoms with Gasteiger partial charge in [0, 0.05) is 50.6 Å². The molecule has 3 aliphatic rings. The fraction of sp³-hybridized carbons (Fsp3) is 0.545. The largest absolute Gasteiger partial charge is 0.463 e. The van der Waals surface area contributed by atoms with E-state index in [4.69, 9.17) is 18.9 Å². The highest BCUT2D eigenvalue weighted by molar-refractivity contribution is 7.89. The van der Waals surface area contributed by atoms with Crippen molar-refractivity contribution in [2.45, 2.75) is 94.6 Å². The van der Waals surface area contributed by atoms with E-state index in [1.54, 1.807) is 23.1 Å². The molecule has 1 saturated heterocycles. The zero-order valence-electron chi connectivity index (χ0n) is 25.1. The van der Waals surface area contributed by atoms with Gasteiger partial charge in [0.05, 0.1) is 24.7 Å². The molecule has 0 spiro atoms. The number of ether oxygens (including phenoxy) is 4. The Labute approximate surface area is 255 Å². The molecule has 1 saturated carbocycles. The Morgan fingerprint density at radius 3 is 2.72 bits per heavy atom. The SMILES string of the molecule is CC1(C)OCc2cc([C@@H]3CN(CCCCCCOCCC#Cc4cccc(S(=O)(=O)NC5CCC5)c4)C(=O)O3)ccc2O1. The quantitative estimate of drug-likeness (QED) is 0.230. The van der Waals surface area contributed by atoms with Gasteiger partial charge >= 0.3 is 6.09 Å². The molecule has 2 aromatic rings. The second kappa shape index (κ2) is 14.1. The molecular weight excluding hydrogens is 568 g/mol. The molecule has 2 aliphatic heterocycles. The topological polar surface area (TPSA) is 103 Å². The fourth-order valence-electron chi connectivity index (χ4n) is 5.23. The van der Waals surface area contributed by atoms with Crippen molar-refractivity contribution in [3.8, 4) is 17.6 Å². The zero-order chi connectivity index (χ0) is 30.3. The number of benzene rings is 2. The minimum absolute atomic E-state index is 0.0557. The lowest BCUT2D eigenvalue weighted by molar-refractivity contribution is -0.180.